The van der Waals surface area contributed by atoms with Crippen LogP contribution in [0, 0.1) is 11.3 Å². The SMILES string of the molecule is CC1CN(C(=O)Cn2cnc(C#N)n2)CCO1. The van der Waals surface area contributed by atoms with Crippen LogP contribution in [0.5, 0.6) is 0 Å². The summed E-state index contributed by atoms with van der Waals surface area (Å²) in [7, 11) is 0. The Morgan fingerprint density at radius 3 is 3.24 bits per heavy atom. The second kappa shape index (κ2) is 4.93. The molecule has 1 aromatic heterocycles. The Bertz CT molecular complexity index is 450. The van der Waals surface area contributed by atoms with Crippen LogP contribution in [-0.4, -0.2) is 51.4 Å². The summed E-state index contributed by atoms with van der Waals surface area (Å²) in [6, 6.07) is 1.82. The molecule has 7 heteroatoms. The average molecular weight is 235 g/mol. The maximum atomic E-state index is 11.9. The van der Waals surface area contributed by atoms with Gasteiger partial charge in [-0.3, -0.25) is 4.79 Å². The predicted octanol–water partition coefficient (Wildman–Crippen LogP) is -0.603. The maximum Gasteiger partial charge on any atom is 0.252 e. The summed E-state index contributed by atoms with van der Waals surface area (Å²) in [4.78, 5) is 17.4. The van der Waals surface area contributed by atoms with E-state index in [2.05, 4.69) is 10.1 Å². The van der Waals surface area contributed by atoms with Crippen LogP contribution in [0.4, 0.5) is 0 Å². The molecule has 1 aromatic rings. The van der Waals surface area contributed by atoms with Crippen LogP contribution in [0.15, 0.2) is 6.33 Å². The summed E-state index contributed by atoms with van der Waals surface area (Å²) in [5.41, 5.74) is 0. The number of rotatable bonds is 2. The molecule has 1 aliphatic rings. The van der Waals surface area contributed by atoms with Gasteiger partial charge in [-0.15, -0.1) is 5.10 Å². The average Bonchev–Trinajstić information content (AvgIpc) is 2.77. The van der Waals surface area contributed by atoms with Crippen molar-refractivity contribution < 1.29 is 9.53 Å². The topological polar surface area (TPSA) is 84.0 Å². The molecule has 0 aromatic carbocycles. The summed E-state index contributed by atoms with van der Waals surface area (Å²) in [5, 5.41) is 12.4. The predicted molar refractivity (Wildman–Crippen MR) is 56.7 cm³/mol. The van der Waals surface area contributed by atoms with Crippen LogP contribution in [0.3, 0.4) is 0 Å². The molecule has 17 heavy (non-hydrogen) atoms. The van der Waals surface area contributed by atoms with Gasteiger partial charge >= 0.3 is 0 Å². The molecule has 1 unspecified atom stereocenters. The summed E-state index contributed by atoms with van der Waals surface area (Å²) in [5.74, 6) is 0.0442. The molecular weight excluding hydrogens is 222 g/mol. The summed E-state index contributed by atoms with van der Waals surface area (Å²) < 4.78 is 6.73. The quantitative estimate of drug-likeness (QED) is 0.683. The lowest BCUT2D eigenvalue weighted by Gasteiger charge is -2.31. The number of nitrogens with zero attached hydrogens (tertiary/aromatic N) is 5. The molecule has 1 saturated heterocycles. The lowest BCUT2D eigenvalue weighted by Crippen LogP contribution is -2.45. The molecule has 2 heterocycles. The first-order chi connectivity index (χ1) is 8.19. The van der Waals surface area contributed by atoms with Crippen molar-refractivity contribution >= 4 is 5.91 Å². The van der Waals surface area contributed by atoms with E-state index >= 15 is 0 Å². The van der Waals surface area contributed by atoms with Gasteiger partial charge < -0.3 is 9.64 Å². The van der Waals surface area contributed by atoms with Crippen LogP contribution in [0.25, 0.3) is 0 Å². The Morgan fingerprint density at radius 1 is 1.76 bits per heavy atom. The molecule has 1 aliphatic heterocycles. The van der Waals surface area contributed by atoms with Crippen molar-refractivity contribution in [3.8, 4) is 6.07 Å². The summed E-state index contributed by atoms with van der Waals surface area (Å²) in [6.07, 6.45) is 1.46. The van der Waals surface area contributed by atoms with Crippen LogP contribution in [0.2, 0.25) is 0 Å². The third-order valence-electron chi connectivity index (χ3n) is 2.53. The Hall–Kier alpha value is -1.94. The fourth-order valence-corrected chi connectivity index (χ4v) is 1.71. The normalized spacial score (nSPS) is 20.0. The van der Waals surface area contributed by atoms with Crippen LogP contribution in [-0.2, 0) is 16.1 Å². The molecule has 1 fully saturated rings. The van der Waals surface area contributed by atoms with Crippen molar-refractivity contribution in [3.05, 3.63) is 12.2 Å². The minimum absolute atomic E-state index is 0.0328. The first kappa shape index (κ1) is 11.5. The lowest BCUT2D eigenvalue weighted by atomic mass is 10.3. The highest BCUT2D eigenvalue weighted by atomic mass is 16.5. The van der Waals surface area contributed by atoms with Crippen LogP contribution >= 0.6 is 0 Å². The van der Waals surface area contributed by atoms with Gasteiger partial charge in [-0.1, -0.05) is 0 Å². The van der Waals surface area contributed by atoms with Crippen molar-refractivity contribution in [2.45, 2.75) is 19.6 Å². The monoisotopic (exact) mass is 235 g/mol. The highest BCUT2D eigenvalue weighted by molar-refractivity contribution is 5.76. The number of morpholine rings is 1. The van der Waals surface area contributed by atoms with E-state index in [1.807, 2.05) is 13.0 Å². The minimum atomic E-state index is -0.0328. The molecule has 2 rings (SSSR count). The van der Waals surface area contributed by atoms with Crippen molar-refractivity contribution in [1.82, 2.24) is 19.7 Å². The number of amides is 1. The van der Waals surface area contributed by atoms with Gasteiger partial charge in [0.2, 0.25) is 5.91 Å². The van der Waals surface area contributed by atoms with Gasteiger partial charge in [0.15, 0.2) is 0 Å². The van der Waals surface area contributed by atoms with Gasteiger partial charge in [-0.05, 0) is 6.92 Å². The second-order valence-electron chi connectivity index (χ2n) is 3.90. The van der Waals surface area contributed by atoms with Crippen molar-refractivity contribution in [2.24, 2.45) is 0 Å². The molecular formula is C10H13N5O2. The molecule has 0 saturated carbocycles. The number of carbonyl (C=O) groups excluding carboxylic acids is 1. The van der Waals surface area contributed by atoms with Crippen molar-refractivity contribution in [3.63, 3.8) is 0 Å². The highest BCUT2D eigenvalue weighted by Gasteiger charge is 2.21. The smallest absolute Gasteiger partial charge is 0.252 e. The molecule has 0 aliphatic carbocycles. The summed E-state index contributed by atoms with van der Waals surface area (Å²) in [6.45, 7) is 3.80. The van der Waals surface area contributed by atoms with Gasteiger partial charge in [0.05, 0.1) is 12.7 Å². The van der Waals surface area contributed by atoms with Crippen LogP contribution < -0.4 is 0 Å². The van der Waals surface area contributed by atoms with E-state index in [1.165, 1.54) is 11.0 Å². The number of hydrogen-bond donors (Lipinski definition) is 0. The van der Waals surface area contributed by atoms with E-state index in [-0.39, 0.29) is 24.4 Å². The van der Waals surface area contributed by atoms with E-state index in [1.54, 1.807) is 4.90 Å². The van der Waals surface area contributed by atoms with Gasteiger partial charge in [-0.2, -0.15) is 5.26 Å². The fourth-order valence-electron chi connectivity index (χ4n) is 1.71. The van der Waals surface area contributed by atoms with Crippen molar-refractivity contribution in [2.75, 3.05) is 19.7 Å². The van der Waals surface area contributed by atoms with E-state index in [0.29, 0.717) is 19.7 Å². The Kier molecular flexibility index (Phi) is 3.35. The van der Waals surface area contributed by atoms with Gasteiger partial charge in [0.25, 0.3) is 5.82 Å². The first-order valence-electron chi connectivity index (χ1n) is 5.38. The van der Waals surface area contributed by atoms with Gasteiger partial charge in [-0.25, -0.2) is 9.67 Å². The third-order valence-corrected chi connectivity index (χ3v) is 2.53. The summed E-state index contributed by atoms with van der Waals surface area (Å²) >= 11 is 0. The Morgan fingerprint density at radius 2 is 2.59 bits per heavy atom. The Labute approximate surface area is 98.6 Å². The molecule has 0 radical (unpaired) electrons. The van der Waals surface area contributed by atoms with E-state index in [0.717, 1.165) is 0 Å². The van der Waals surface area contributed by atoms with Crippen molar-refractivity contribution in [1.29, 1.82) is 5.26 Å². The van der Waals surface area contributed by atoms with E-state index in [4.69, 9.17) is 10.00 Å². The molecule has 7 nitrogen and oxygen atoms in total. The third kappa shape index (κ3) is 2.79. The maximum absolute atomic E-state index is 11.9. The van der Waals surface area contributed by atoms with E-state index in [9.17, 15) is 4.79 Å². The fraction of sp³-hybridized carbons (Fsp3) is 0.600. The lowest BCUT2D eigenvalue weighted by molar-refractivity contribution is -0.139. The molecule has 0 bridgehead atoms. The number of aromatic nitrogens is 3. The standard InChI is InChI=1S/C10H13N5O2/c1-8-5-14(2-3-17-8)10(16)6-15-7-12-9(4-11)13-15/h7-8H,2-3,5-6H2,1H3. The molecule has 0 spiro atoms. The minimum Gasteiger partial charge on any atom is -0.375 e. The van der Waals surface area contributed by atoms with Gasteiger partial charge in [0.1, 0.15) is 18.9 Å². The first-order valence-corrected chi connectivity index (χ1v) is 5.38. The largest absolute Gasteiger partial charge is 0.375 e. The molecule has 1 atom stereocenters. The zero-order valence-corrected chi connectivity index (χ0v) is 9.54. The van der Waals surface area contributed by atoms with Crippen LogP contribution in [0.1, 0.15) is 12.7 Å². The van der Waals surface area contributed by atoms with E-state index < -0.39 is 0 Å². The number of hydrogen-bond acceptors (Lipinski definition) is 5. The highest BCUT2D eigenvalue weighted by Crippen LogP contribution is 2.05. The molecule has 0 N–H and O–H groups in total. The van der Waals surface area contributed by atoms with Gasteiger partial charge in [0, 0.05) is 13.1 Å². The second-order valence-corrected chi connectivity index (χ2v) is 3.90. The number of ether oxygens (including phenoxy) is 1. The zero-order valence-electron chi connectivity index (χ0n) is 9.54. The zero-order chi connectivity index (χ0) is 12.3. The number of carbonyl (C=O) groups is 1. The Balaban J connectivity index is 1.94. The molecule has 1 amide bonds. The number of nitriles is 1. The molecule has 90 valence electrons.